The molecule has 2 aromatic rings. The van der Waals surface area contributed by atoms with Gasteiger partial charge >= 0.3 is 0 Å². The van der Waals surface area contributed by atoms with Crippen LogP contribution < -0.4 is 0 Å². The lowest BCUT2D eigenvalue weighted by molar-refractivity contribution is 0.0996. The van der Waals surface area contributed by atoms with Gasteiger partial charge in [0.05, 0.1) is 5.69 Å². The molecule has 0 N–H and O–H groups in total. The molecule has 5 heteroatoms. The van der Waals surface area contributed by atoms with Crippen LogP contribution >= 0.6 is 27.5 Å². The standard InChI is InChI=1S/C11H9BrN2OS/c1-7-11(16-14-13-7)10(15)6-8-4-2-3-5-9(8)12/h2-5H,6H2,1H3. The zero-order chi connectivity index (χ0) is 11.5. The Hall–Kier alpha value is -1.07. The van der Waals surface area contributed by atoms with Crippen molar-refractivity contribution in [3.63, 3.8) is 0 Å². The van der Waals surface area contributed by atoms with Crippen LogP contribution in [0.15, 0.2) is 28.7 Å². The van der Waals surface area contributed by atoms with E-state index >= 15 is 0 Å². The number of carbonyl (C=O) groups excluding carboxylic acids is 1. The molecular formula is C11H9BrN2OS. The Balaban J connectivity index is 2.21. The molecule has 0 bridgehead atoms. The minimum Gasteiger partial charge on any atom is -0.293 e. The molecule has 0 saturated carbocycles. The number of halogens is 1. The third kappa shape index (κ3) is 2.36. The SMILES string of the molecule is Cc1nnsc1C(=O)Cc1ccccc1Br. The van der Waals surface area contributed by atoms with E-state index in [2.05, 4.69) is 25.5 Å². The van der Waals surface area contributed by atoms with Crippen LogP contribution in [0.5, 0.6) is 0 Å². The van der Waals surface area contributed by atoms with Crippen LogP contribution in [0.1, 0.15) is 20.9 Å². The molecule has 0 fully saturated rings. The molecule has 0 unspecified atom stereocenters. The number of rotatable bonds is 3. The molecule has 0 spiro atoms. The fourth-order valence-electron chi connectivity index (χ4n) is 1.38. The quantitative estimate of drug-likeness (QED) is 0.818. The summed E-state index contributed by atoms with van der Waals surface area (Å²) >= 11 is 4.58. The van der Waals surface area contributed by atoms with E-state index in [1.165, 1.54) is 0 Å². The average Bonchev–Trinajstić information content (AvgIpc) is 2.68. The van der Waals surface area contributed by atoms with Crippen LogP contribution in [0.4, 0.5) is 0 Å². The van der Waals surface area contributed by atoms with Crippen LogP contribution in [0.25, 0.3) is 0 Å². The van der Waals surface area contributed by atoms with Gasteiger partial charge < -0.3 is 0 Å². The van der Waals surface area contributed by atoms with Gasteiger partial charge in [-0.1, -0.05) is 38.6 Å². The van der Waals surface area contributed by atoms with E-state index in [0.29, 0.717) is 17.0 Å². The van der Waals surface area contributed by atoms with Crippen molar-refractivity contribution in [2.75, 3.05) is 0 Å². The van der Waals surface area contributed by atoms with Crippen molar-refractivity contribution in [3.8, 4) is 0 Å². The number of benzene rings is 1. The van der Waals surface area contributed by atoms with Gasteiger partial charge in [-0.15, -0.1) is 5.10 Å². The van der Waals surface area contributed by atoms with Gasteiger partial charge in [-0.05, 0) is 30.1 Å². The molecule has 0 aliphatic heterocycles. The van der Waals surface area contributed by atoms with Gasteiger partial charge in [0, 0.05) is 10.9 Å². The Morgan fingerprint density at radius 2 is 2.19 bits per heavy atom. The van der Waals surface area contributed by atoms with E-state index in [-0.39, 0.29) is 5.78 Å². The highest BCUT2D eigenvalue weighted by Gasteiger charge is 2.14. The molecule has 0 radical (unpaired) electrons. The van der Waals surface area contributed by atoms with Crippen molar-refractivity contribution < 1.29 is 4.79 Å². The zero-order valence-electron chi connectivity index (χ0n) is 8.61. The van der Waals surface area contributed by atoms with Crippen LogP contribution in [0, 0.1) is 6.92 Å². The predicted octanol–water partition coefficient (Wildman–Crippen LogP) is 3.03. The highest BCUT2D eigenvalue weighted by atomic mass is 79.9. The van der Waals surface area contributed by atoms with Gasteiger partial charge in [-0.25, -0.2) is 0 Å². The summed E-state index contributed by atoms with van der Waals surface area (Å²) in [4.78, 5) is 12.6. The van der Waals surface area contributed by atoms with Crippen molar-refractivity contribution in [2.45, 2.75) is 13.3 Å². The van der Waals surface area contributed by atoms with E-state index in [4.69, 9.17) is 0 Å². The average molecular weight is 297 g/mol. The number of hydrogen-bond acceptors (Lipinski definition) is 4. The van der Waals surface area contributed by atoms with E-state index in [0.717, 1.165) is 21.6 Å². The molecule has 0 amide bonds. The number of Topliss-reactive ketones (excluding diaryl/α,β-unsaturated/α-hetero) is 1. The van der Waals surface area contributed by atoms with Gasteiger partial charge in [-0.2, -0.15) is 0 Å². The lowest BCUT2D eigenvalue weighted by Gasteiger charge is -2.01. The molecule has 0 aliphatic rings. The first-order valence-electron chi connectivity index (χ1n) is 4.74. The third-order valence-electron chi connectivity index (χ3n) is 2.21. The fraction of sp³-hybridized carbons (Fsp3) is 0.182. The van der Waals surface area contributed by atoms with Gasteiger partial charge in [0.15, 0.2) is 5.78 Å². The van der Waals surface area contributed by atoms with E-state index in [9.17, 15) is 4.79 Å². The second kappa shape index (κ2) is 4.84. The van der Waals surface area contributed by atoms with E-state index in [1.54, 1.807) is 6.92 Å². The predicted molar refractivity (Wildman–Crippen MR) is 66.8 cm³/mol. The fourth-order valence-corrected chi connectivity index (χ4v) is 2.40. The minimum absolute atomic E-state index is 0.0689. The molecule has 82 valence electrons. The summed E-state index contributed by atoms with van der Waals surface area (Å²) in [7, 11) is 0. The van der Waals surface area contributed by atoms with Crippen molar-refractivity contribution in [2.24, 2.45) is 0 Å². The molecule has 3 nitrogen and oxygen atoms in total. The molecule has 1 heterocycles. The zero-order valence-corrected chi connectivity index (χ0v) is 11.0. The van der Waals surface area contributed by atoms with Gasteiger partial charge in [-0.3, -0.25) is 4.79 Å². The lowest BCUT2D eigenvalue weighted by Crippen LogP contribution is -2.03. The van der Waals surface area contributed by atoms with Gasteiger partial charge in [0.25, 0.3) is 0 Å². The number of hydrogen-bond donors (Lipinski definition) is 0. The Kier molecular flexibility index (Phi) is 3.46. The van der Waals surface area contributed by atoms with Crippen molar-refractivity contribution in [3.05, 3.63) is 44.9 Å². The maximum Gasteiger partial charge on any atom is 0.180 e. The number of aromatic nitrogens is 2. The molecule has 0 aliphatic carbocycles. The summed E-state index contributed by atoms with van der Waals surface area (Å²) in [6, 6.07) is 7.72. The van der Waals surface area contributed by atoms with E-state index in [1.807, 2.05) is 24.3 Å². The molecule has 1 aromatic heterocycles. The summed E-state index contributed by atoms with van der Waals surface area (Å²) < 4.78 is 4.72. The molecule has 0 saturated heterocycles. The van der Waals surface area contributed by atoms with E-state index < -0.39 is 0 Å². The molecular weight excluding hydrogens is 288 g/mol. The largest absolute Gasteiger partial charge is 0.293 e. The van der Waals surface area contributed by atoms with Gasteiger partial charge in [0.2, 0.25) is 0 Å². The highest BCUT2D eigenvalue weighted by molar-refractivity contribution is 9.10. The molecule has 2 rings (SSSR count). The number of ketones is 1. The smallest absolute Gasteiger partial charge is 0.180 e. The topological polar surface area (TPSA) is 42.9 Å². The molecule has 1 aromatic carbocycles. The number of aryl methyl sites for hydroxylation is 1. The number of nitrogens with zero attached hydrogens (tertiary/aromatic N) is 2. The van der Waals surface area contributed by atoms with Crippen LogP contribution in [-0.4, -0.2) is 15.4 Å². The molecule has 0 atom stereocenters. The second-order valence-corrected chi connectivity index (χ2v) is 4.99. The Morgan fingerprint density at radius 3 is 2.81 bits per heavy atom. The van der Waals surface area contributed by atoms with Crippen LogP contribution in [0.3, 0.4) is 0 Å². The molecule has 16 heavy (non-hydrogen) atoms. The summed E-state index contributed by atoms with van der Waals surface area (Å²) in [6.07, 6.45) is 0.381. The van der Waals surface area contributed by atoms with Gasteiger partial charge in [0.1, 0.15) is 4.88 Å². The maximum atomic E-state index is 12.0. The highest BCUT2D eigenvalue weighted by Crippen LogP contribution is 2.19. The third-order valence-corrected chi connectivity index (χ3v) is 3.86. The first-order valence-corrected chi connectivity index (χ1v) is 6.30. The minimum atomic E-state index is 0.0689. The summed E-state index contributed by atoms with van der Waals surface area (Å²) in [5.74, 6) is 0.0689. The summed E-state index contributed by atoms with van der Waals surface area (Å²) in [5, 5.41) is 3.84. The lowest BCUT2D eigenvalue weighted by atomic mass is 10.1. The Labute approximate surface area is 106 Å². The first kappa shape index (κ1) is 11.4. The first-order chi connectivity index (χ1) is 7.68. The van der Waals surface area contributed by atoms with Crippen molar-refractivity contribution in [1.82, 2.24) is 9.59 Å². The van der Waals surface area contributed by atoms with Crippen molar-refractivity contribution >= 4 is 33.2 Å². The normalized spacial score (nSPS) is 10.4. The second-order valence-electron chi connectivity index (χ2n) is 3.38. The summed E-state index contributed by atoms with van der Waals surface area (Å²) in [6.45, 7) is 1.80. The maximum absolute atomic E-state index is 12.0. The van der Waals surface area contributed by atoms with Crippen LogP contribution in [-0.2, 0) is 6.42 Å². The van der Waals surface area contributed by atoms with Crippen LogP contribution in [0.2, 0.25) is 0 Å². The monoisotopic (exact) mass is 296 g/mol. The summed E-state index contributed by atoms with van der Waals surface area (Å²) in [5.41, 5.74) is 1.70. The number of carbonyl (C=O) groups is 1. The Morgan fingerprint density at radius 1 is 1.44 bits per heavy atom. The van der Waals surface area contributed by atoms with Crippen molar-refractivity contribution in [1.29, 1.82) is 0 Å². The Bertz CT molecular complexity index is 524.